The lowest BCUT2D eigenvalue weighted by molar-refractivity contribution is -0.122. The van der Waals surface area contributed by atoms with Crippen molar-refractivity contribution in [3.05, 3.63) is 114 Å². The number of carbonyl (C=O) groups is 2. The molecule has 30 heavy (non-hydrogen) atoms. The normalized spacial score (nSPS) is 25.4. The molecule has 1 aliphatic heterocycles. The smallest absolute Gasteiger partial charge is 0.238 e. The number of allylic oxidation sites excluding steroid dienone is 2. The Kier molecular flexibility index (Phi) is 4.55. The van der Waals surface area contributed by atoms with E-state index in [1.165, 1.54) is 12.1 Å². The topological polar surface area (TPSA) is 37.4 Å². The van der Waals surface area contributed by atoms with Gasteiger partial charge in [0.2, 0.25) is 11.8 Å². The lowest BCUT2D eigenvalue weighted by Gasteiger charge is -2.32. The number of para-hydroxylation sites is 1. The Balaban J connectivity index is 1.65. The first-order valence-corrected chi connectivity index (χ1v) is 10.1. The second kappa shape index (κ2) is 7.38. The Morgan fingerprint density at radius 3 is 1.50 bits per heavy atom. The van der Waals surface area contributed by atoms with E-state index in [4.69, 9.17) is 0 Å². The molecule has 0 bridgehead atoms. The third-order valence-electron chi connectivity index (χ3n) is 6.16. The van der Waals surface area contributed by atoms with Crippen molar-refractivity contribution in [1.29, 1.82) is 0 Å². The number of carbonyl (C=O) groups excluding carboxylic acids is 2. The Bertz CT molecular complexity index is 1060. The average molecular weight is 397 g/mol. The monoisotopic (exact) mass is 397 g/mol. The van der Waals surface area contributed by atoms with Crippen molar-refractivity contribution in [2.75, 3.05) is 4.90 Å². The molecule has 0 spiro atoms. The van der Waals surface area contributed by atoms with Crippen LogP contribution in [0.1, 0.15) is 23.0 Å². The highest BCUT2D eigenvalue weighted by Crippen LogP contribution is 2.50. The number of fused-ring (bicyclic) bond motifs is 1. The van der Waals surface area contributed by atoms with E-state index in [1.807, 2.05) is 72.8 Å². The molecule has 2 amide bonds. The molecule has 3 aromatic carbocycles. The Morgan fingerprint density at radius 2 is 1.03 bits per heavy atom. The van der Waals surface area contributed by atoms with Gasteiger partial charge in [-0.1, -0.05) is 84.9 Å². The van der Waals surface area contributed by atoms with Gasteiger partial charge in [0.05, 0.1) is 17.5 Å². The van der Waals surface area contributed by atoms with Crippen molar-refractivity contribution in [3.8, 4) is 0 Å². The zero-order valence-corrected chi connectivity index (χ0v) is 16.2. The summed E-state index contributed by atoms with van der Waals surface area (Å²) in [6.07, 6.45) is 4.06. The second-order valence-corrected chi connectivity index (χ2v) is 7.77. The fraction of sp³-hybridized carbons (Fsp3) is 0.154. The van der Waals surface area contributed by atoms with Crippen molar-refractivity contribution in [2.45, 2.75) is 11.8 Å². The molecule has 0 aromatic heterocycles. The molecule has 3 nitrogen and oxygen atoms in total. The van der Waals surface area contributed by atoms with Crippen LogP contribution in [0.2, 0.25) is 0 Å². The third kappa shape index (κ3) is 2.88. The van der Waals surface area contributed by atoms with Crippen LogP contribution in [0.15, 0.2) is 97.1 Å². The summed E-state index contributed by atoms with van der Waals surface area (Å²) in [6.45, 7) is 0. The maximum absolute atomic E-state index is 14.5. The first-order valence-electron chi connectivity index (χ1n) is 10.1. The highest BCUT2D eigenvalue weighted by Gasteiger charge is 2.55. The van der Waals surface area contributed by atoms with Gasteiger partial charge in [0.15, 0.2) is 0 Å². The zero-order chi connectivity index (χ0) is 20.7. The van der Waals surface area contributed by atoms with E-state index < -0.39 is 17.7 Å². The minimum atomic E-state index is -0.574. The van der Waals surface area contributed by atoms with Crippen molar-refractivity contribution in [1.82, 2.24) is 0 Å². The molecule has 2 aliphatic rings. The highest BCUT2D eigenvalue weighted by atomic mass is 19.1. The number of anilines is 1. The summed E-state index contributed by atoms with van der Waals surface area (Å²) in [7, 11) is 0. The van der Waals surface area contributed by atoms with Crippen LogP contribution in [0.5, 0.6) is 0 Å². The molecule has 1 saturated heterocycles. The Hall–Kier alpha value is -3.53. The van der Waals surface area contributed by atoms with Gasteiger partial charge in [-0.3, -0.25) is 9.59 Å². The van der Waals surface area contributed by atoms with E-state index >= 15 is 0 Å². The number of hydrogen-bond acceptors (Lipinski definition) is 2. The van der Waals surface area contributed by atoms with Gasteiger partial charge in [0, 0.05) is 11.8 Å². The molecule has 1 heterocycles. The summed E-state index contributed by atoms with van der Waals surface area (Å²) in [4.78, 5) is 28.2. The maximum atomic E-state index is 14.5. The number of benzene rings is 3. The van der Waals surface area contributed by atoms with Gasteiger partial charge < -0.3 is 0 Å². The summed E-state index contributed by atoms with van der Waals surface area (Å²) in [5.74, 6) is -2.86. The van der Waals surface area contributed by atoms with Crippen molar-refractivity contribution >= 4 is 17.5 Å². The number of imide groups is 1. The summed E-state index contributed by atoms with van der Waals surface area (Å²) >= 11 is 0. The predicted molar refractivity (Wildman–Crippen MR) is 113 cm³/mol. The Labute approximate surface area is 174 Å². The minimum absolute atomic E-state index is 0.0283. The number of halogens is 1. The van der Waals surface area contributed by atoms with E-state index in [0.717, 1.165) is 16.0 Å². The Morgan fingerprint density at radius 1 is 0.600 bits per heavy atom. The summed E-state index contributed by atoms with van der Waals surface area (Å²) < 4.78 is 14.5. The standard InChI is InChI=1S/C26H20FNO2/c27-21-13-7-8-14-22(21)28-25(29)23-19(17-9-3-1-4-10-17)15-16-20(24(23)26(28)30)18-11-5-2-6-12-18/h1-16,19-20,23-24H/t19-,20+,23-,24-/m1/s1. The molecule has 1 fully saturated rings. The van der Waals surface area contributed by atoms with Crippen LogP contribution in [-0.4, -0.2) is 11.8 Å². The van der Waals surface area contributed by atoms with Crippen molar-refractivity contribution < 1.29 is 14.0 Å². The zero-order valence-electron chi connectivity index (χ0n) is 16.2. The molecule has 0 unspecified atom stereocenters. The maximum Gasteiger partial charge on any atom is 0.238 e. The molecule has 0 N–H and O–H groups in total. The van der Waals surface area contributed by atoms with Gasteiger partial charge in [0.25, 0.3) is 0 Å². The molecule has 3 aromatic rings. The summed E-state index contributed by atoms with van der Waals surface area (Å²) in [6, 6.07) is 25.4. The molecule has 148 valence electrons. The van der Waals surface area contributed by atoms with Gasteiger partial charge in [-0.05, 0) is 23.3 Å². The molecular formula is C26H20FNO2. The van der Waals surface area contributed by atoms with Crippen LogP contribution < -0.4 is 4.90 Å². The third-order valence-corrected chi connectivity index (χ3v) is 6.16. The van der Waals surface area contributed by atoms with Gasteiger partial charge >= 0.3 is 0 Å². The van der Waals surface area contributed by atoms with Crippen LogP contribution >= 0.6 is 0 Å². The highest BCUT2D eigenvalue weighted by molar-refractivity contribution is 6.23. The van der Waals surface area contributed by atoms with E-state index in [-0.39, 0.29) is 29.3 Å². The average Bonchev–Trinajstić information content (AvgIpc) is 3.06. The van der Waals surface area contributed by atoms with Crippen LogP contribution in [0.4, 0.5) is 10.1 Å². The number of hydrogen-bond donors (Lipinski definition) is 0. The molecule has 5 rings (SSSR count). The molecule has 4 heteroatoms. The summed E-state index contributed by atoms with van der Waals surface area (Å²) in [5, 5.41) is 0. The predicted octanol–water partition coefficient (Wildman–Crippen LogP) is 5.07. The molecule has 1 aliphatic carbocycles. The van der Waals surface area contributed by atoms with Crippen molar-refractivity contribution in [2.24, 2.45) is 11.8 Å². The van der Waals surface area contributed by atoms with Gasteiger partial charge in [-0.25, -0.2) is 9.29 Å². The lowest BCUT2D eigenvalue weighted by atomic mass is 9.68. The number of nitrogens with zero attached hydrogens (tertiary/aromatic N) is 1. The molecule has 0 radical (unpaired) electrons. The van der Waals surface area contributed by atoms with E-state index in [1.54, 1.807) is 12.1 Å². The van der Waals surface area contributed by atoms with Gasteiger partial charge in [-0.2, -0.15) is 0 Å². The molecule has 0 saturated carbocycles. The first-order chi connectivity index (χ1) is 14.7. The van der Waals surface area contributed by atoms with Gasteiger partial charge in [-0.15, -0.1) is 0 Å². The largest absolute Gasteiger partial charge is 0.274 e. The number of rotatable bonds is 3. The fourth-order valence-corrected chi connectivity index (χ4v) is 4.80. The van der Waals surface area contributed by atoms with E-state index in [0.29, 0.717) is 0 Å². The lowest BCUT2D eigenvalue weighted by Crippen LogP contribution is -2.32. The quantitative estimate of drug-likeness (QED) is 0.457. The summed E-state index contributed by atoms with van der Waals surface area (Å²) in [5.41, 5.74) is 1.99. The molecule has 4 atom stereocenters. The van der Waals surface area contributed by atoms with E-state index in [2.05, 4.69) is 0 Å². The SMILES string of the molecule is O=C1[C@H]2[C@H](C(=O)N1c1ccccc1F)[C@H](c1ccccc1)C=C[C@@H]2c1ccccc1. The second-order valence-electron chi connectivity index (χ2n) is 7.77. The van der Waals surface area contributed by atoms with E-state index in [9.17, 15) is 14.0 Å². The van der Waals surface area contributed by atoms with Crippen molar-refractivity contribution in [3.63, 3.8) is 0 Å². The van der Waals surface area contributed by atoms with Gasteiger partial charge in [0.1, 0.15) is 5.82 Å². The minimum Gasteiger partial charge on any atom is -0.274 e. The van der Waals surface area contributed by atoms with Crippen LogP contribution in [0.3, 0.4) is 0 Å². The first kappa shape index (κ1) is 18.5. The number of amides is 2. The van der Waals surface area contributed by atoms with Crippen LogP contribution in [0, 0.1) is 17.7 Å². The fourth-order valence-electron chi connectivity index (χ4n) is 4.80. The molecular weight excluding hydrogens is 377 g/mol. The van der Waals surface area contributed by atoms with Crippen LogP contribution in [0.25, 0.3) is 0 Å². The van der Waals surface area contributed by atoms with Crippen LogP contribution in [-0.2, 0) is 9.59 Å².